The zero-order chi connectivity index (χ0) is 24.6. The maximum atomic E-state index is 13.5. The molecule has 2 aliphatic heterocycles. The van der Waals surface area contributed by atoms with E-state index in [0.29, 0.717) is 31.1 Å². The molecular weight excluding hydrogens is 446 g/mol. The highest BCUT2D eigenvalue weighted by molar-refractivity contribution is 6.09. The Bertz CT molecular complexity index is 1160. The summed E-state index contributed by atoms with van der Waals surface area (Å²) in [5.74, 6) is 0.676. The lowest BCUT2D eigenvalue weighted by atomic mass is 9.76. The number of imide groups is 1. The predicted molar refractivity (Wildman–Crippen MR) is 129 cm³/mol. The summed E-state index contributed by atoms with van der Waals surface area (Å²) < 4.78 is 11.5. The van der Waals surface area contributed by atoms with Crippen LogP contribution >= 0.6 is 0 Å². The Balaban J connectivity index is 1.33. The third-order valence-corrected chi connectivity index (χ3v) is 7.07. The average molecular weight is 478 g/mol. The van der Waals surface area contributed by atoms with Gasteiger partial charge in [-0.25, -0.2) is 4.79 Å². The maximum absolute atomic E-state index is 13.5. The van der Waals surface area contributed by atoms with E-state index in [4.69, 9.17) is 9.47 Å². The van der Waals surface area contributed by atoms with Gasteiger partial charge in [0.05, 0.1) is 19.3 Å². The Morgan fingerprint density at radius 3 is 2.66 bits per heavy atom. The van der Waals surface area contributed by atoms with Gasteiger partial charge < -0.3 is 20.1 Å². The van der Waals surface area contributed by atoms with E-state index in [2.05, 4.69) is 10.6 Å². The van der Waals surface area contributed by atoms with Crippen LogP contribution in [0.5, 0.6) is 11.5 Å². The van der Waals surface area contributed by atoms with Gasteiger partial charge in [0.25, 0.3) is 5.91 Å². The van der Waals surface area contributed by atoms with E-state index in [1.807, 2.05) is 56.3 Å². The van der Waals surface area contributed by atoms with Gasteiger partial charge in [0.1, 0.15) is 12.1 Å². The number of aryl methyl sites for hydroxylation is 1. The van der Waals surface area contributed by atoms with E-state index in [9.17, 15) is 14.4 Å². The zero-order valence-corrected chi connectivity index (χ0v) is 20.1. The van der Waals surface area contributed by atoms with Crippen LogP contribution in [0.25, 0.3) is 0 Å². The second kappa shape index (κ2) is 9.24. The molecule has 8 nitrogen and oxygen atoms in total. The maximum Gasteiger partial charge on any atom is 0.325 e. The Labute approximate surface area is 205 Å². The summed E-state index contributed by atoms with van der Waals surface area (Å²) in [6.45, 7) is 4.87. The Hall–Kier alpha value is -3.55. The van der Waals surface area contributed by atoms with Crippen molar-refractivity contribution in [3.63, 3.8) is 0 Å². The molecule has 4 amide bonds. The molecule has 184 valence electrons. The molecule has 2 aromatic carbocycles. The lowest BCUT2D eigenvalue weighted by molar-refractivity contribution is -0.136. The molecule has 2 N–H and O–H groups in total. The molecule has 0 bridgehead atoms. The van der Waals surface area contributed by atoms with Gasteiger partial charge in [0.2, 0.25) is 5.91 Å². The molecule has 1 aliphatic carbocycles. The van der Waals surface area contributed by atoms with E-state index in [1.54, 1.807) is 0 Å². The number of carbonyl (C=O) groups excluding carboxylic acids is 3. The highest BCUT2D eigenvalue weighted by atomic mass is 16.5. The number of carbonyl (C=O) groups is 3. The number of nitrogens with one attached hydrogen (secondary N) is 2. The Morgan fingerprint density at radius 2 is 1.86 bits per heavy atom. The Kier molecular flexibility index (Phi) is 6.13. The van der Waals surface area contributed by atoms with Crippen LogP contribution in [0, 0.1) is 5.92 Å². The molecule has 0 aromatic heterocycles. The van der Waals surface area contributed by atoms with E-state index in [1.165, 1.54) is 0 Å². The van der Waals surface area contributed by atoms with Gasteiger partial charge in [-0.2, -0.15) is 0 Å². The first-order chi connectivity index (χ1) is 16.9. The van der Waals surface area contributed by atoms with Crippen LogP contribution in [-0.4, -0.2) is 42.5 Å². The largest absolute Gasteiger partial charge is 0.490 e. The van der Waals surface area contributed by atoms with Crippen LogP contribution in [0.1, 0.15) is 55.8 Å². The molecule has 0 unspecified atom stereocenters. The van der Waals surface area contributed by atoms with E-state index in [-0.39, 0.29) is 30.3 Å². The van der Waals surface area contributed by atoms with Gasteiger partial charge in [-0.15, -0.1) is 0 Å². The van der Waals surface area contributed by atoms with Crippen molar-refractivity contribution in [2.45, 2.75) is 51.1 Å². The first kappa shape index (κ1) is 23.2. The van der Waals surface area contributed by atoms with Crippen LogP contribution in [0.2, 0.25) is 0 Å². The smallest absolute Gasteiger partial charge is 0.325 e. The van der Waals surface area contributed by atoms with Gasteiger partial charge in [-0.3, -0.25) is 14.5 Å². The summed E-state index contributed by atoms with van der Waals surface area (Å²) in [6.07, 6.45) is 3.00. The number of fused-ring (bicyclic) bond motifs is 3. The number of benzene rings is 2. The van der Waals surface area contributed by atoms with Crippen molar-refractivity contribution in [1.29, 1.82) is 0 Å². The number of amides is 4. The van der Waals surface area contributed by atoms with Gasteiger partial charge in [0, 0.05) is 6.42 Å². The van der Waals surface area contributed by atoms with E-state index < -0.39 is 11.6 Å². The fourth-order valence-corrected chi connectivity index (χ4v) is 5.33. The summed E-state index contributed by atoms with van der Waals surface area (Å²) in [5, 5.41) is 5.93. The highest BCUT2D eigenvalue weighted by Gasteiger charge is 2.54. The summed E-state index contributed by atoms with van der Waals surface area (Å²) in [7, 11) is 0. The van der Waals surface area contributed by atoms with Crippen molar-refractivity contribution in [3.8, 4) is 11.5 Å². The molecule has 1 fully saturated rings. The van der Waals surface area contributed by atoms with Crippen LogP contribution in [-0.2, 0) is 21.5 Å². The van der Waals surface area contributed by atoms with Crippen molar-refractivity contribution in [2.24, 2.45) is 5.92 Å². The van der Waals surface area contributed by atoms with Crippen LogP contribution in [0.3, 0.4) is 0 Å². The first-order valence-electron chi connectivity index (χ1n) is 12.3. The molecule has 5 rings (SSSR count). The van der Waals surface area contributed by atoms with Crippen molar-refractivity contribution in [2.75, 3.05) is 19.8 Å². The van der Waals surface area contributed by atoms with E-state index in [0.717, 1.165) is 40.9 Å². The number of urea groups is 1. The normalized spacial score (nSPS) is 22.0. The summed E-state index contributed by atoms with van der Waals surface area (Å²) in [6, 6.07) is 12.5. The zero-order valence-electron chi connectivity index (χ0n) is 20.1. The van der Waals surface area contributed by atoms with Crippen LogP contribution in [0.4, 0.5) is 4.79 Å². The topological polar surface area (TPSA) is 97.0 Å². The summed E-state index contributed by atoms with van der Waals surface area (Å²) >= 11 is 0. The van der Waals surface area contributed by atoms with Crippen molar-refractivity contribution in [3.05, 3.63) is 59.2 Å². The number of ether oxygens (including phenoxy) is 2. The fourth-order valence-electron chi connectivity index (χ4n) is 5.33. The standard InChI is InChI=1S/C27H31N3O5/c1-17(2)24(19-10-11-21-22(15-19)35-14-6-13-34-21)28-23(31)16-30-25(32)27(29-26(30)33)12-5-8-18-7-3-4-9-20(18)27/h3-4,7,9-11,15,17,24H,5-6,8,12-14,16H2,1-2H3,(H,28,31)(H,29,33)/t24-,27-/m1/s1. The second-order valence-electron chi connectivity index (χ2n) is 9.78. The third-order valence-electron chi connectivity index (χ3n) is 7.07. The average Bonchev–Trinajstić information content (AvgIpc) is 3.00. The van der Waals surface area contributed by atoms with Gasteiger partial charge >= 0.3 is 6.03 Å². The van der Waals surface area contributed by atoms with Gasteiger partial charge in [-0.05, 0) is 54.0 Å². The highest BCUT2D eigenvalue weighted by Crippen LogP contribution is 2.40. The van der Waals surface area contributed by atoms with Gasteiger partial charge in [0.15, 0.2) is 11.5 Å². The number of rotatable bonds is 5. The number of nitrogens with zero attached hydrogens (tertiary/aromatic N) is 1. The fraction of sp³-hybridized carbons (Fsp3) is 0.444. The molecule has 1 spiro atoms. The quantitative estimate of drug-likeness (QED) is 0.643. The number of hydrogen-bond acceptors (Lipinski definition) is 5. The third kappa shape index (κ3) is 4.22. The minimum absolute atomic E-state index is 0.0726. The SMILES string of the molecule is CC(C)[C@@H](NC(=O)CN1C(=O)N[C@@]2(CCCc3ccccc32)C1=O)c1ccc2c(c1)OCCCO2. The van der Waals surface area contributed by atoms with Crippen molar-refractivity contribution >= 4 is 17.8 Å². The van der Waals surface area contributed by atoms with E-state index >= 15 is 0 Å². The molecule has 0 radical (unpaired) electrons. The minimum atomic E-state index is -1.09. The lowest BCUT2D eigenvalue weighted by Gasteiger charge is -2.33. The molecule has 35 heavy (non-hydrogen) atoms. The van der Waals surface area contributed by atoms with Gasteiger partial charge in [-0.1, -0.05) is 44.2 Å². The first-order valence-corrected chi connectivity index (χ1v) is 12.3. The lowest BCUT2D eigenvalue weighted by Crippen LogP contribution is -2.47. The van der Waals surface area contributed by atoms with Crippen molar-refractivity contribution in [1.82, 2.24) is 15.5 Å². The molecule has 3 aliphatic rings. The summed E-state index contributed by atoms with van der Waals surface area (Å²) in [4.78, 5) is 40.5. The minimum Gasteiger partial charge on any atom is -0.490 e. The van der Waals surface area contributed by atoms with Crippen LogP contribution in [0.15, 0.2) is 42.5 Å². The molecule has 0 saturated carbocycles. The second-order valence-corrected chi connectivity index (χ2v) is 9.78. The van der Waals surface area contributed by atoms with Crippen molar-refractivity contribution < 1.29 is 23.9 Å². The molecule has 2 atom stereocenters. The molecule has 2 heterocycles. The summed E-state index contributed by atoms with van der Waals surface area (Å²) in [5.41, 5.74) is 1.69. The predicted octanol–water partition coefficient (Wildman–Crippen LogP) is 3.44. The van der Waals surface area contributed by atoms with Crippen LogP contribution < -0.4 is 20.1 Å². The molecular formula is C27H31N3O5. The Morgan fingerprint density at radius 1 is 1.09 bits per heavy atom. The molecule has 8 heteroatoms. The molecule has 1 saturated heterocycles. The monoisotopic (exact) mass is 477 g/mol. The number of hydrogen-bond donors (Lipinski definition) is 2. The molecule has 2 aromatic rings.